The molecular formula is C47H29N3S. The number of fused-ring (bicyclic) bond motifs is 6. The van der Waals surface area contributed by atoms with Crippen LogP contribution < -0.4 is 0 Å². The van der Waals surface area contributed by atoms with Gasteiger partial charge in [0.05, 0.1) is 0 Å². The van der Waals surface area contributed by atoms with Crippen LogP contribution in [0.4, 0.5) is 0 Å². The van der Waals surface area contributed by atoms with Crippen LogP contribution in [-0.2, 0) is 0 Å². The molecule has 2 aromatic heterocycles. The van der Waals surface area contributed by atoms with Gasteiger partial charge in [0.2, 0.25) is 0 Å². The van der Waals surface area contributed by atoms with Gasteiger partial charge in [-0.1, -0.05) is 146 Å². The molecule has 0 saturated carbocycles. The summed E-state index contributed by atoms with van der Waals surface area (Å²) in [6.07, 6.45) is 0. The van der Waals surface area contributed by atoms with E-state index >= 15 is 0 Å². The highest BCUT2D eigenvalue weighted by Gasteiger charge is 2.19. The lowest BCUT2D eigenvalue weighted by atomic mass is 9.98. The molecule has 0 bridgehead atoms. The number of nitrogens with zero attached hydrogens (tertiary/aromatic N) is 3. The predicted molar refractivity (Wildman–Crippen MR) is 215 cm³/mol. The first-order chi connectivity index (χ1) is 25.2. The maximum Gasteiger partial charge on any atom is 0.164 e. The second-order valence-corrected chi connectivity index (χ2v) is 13.9. The Morgan fingerprint density at radius 3 is 1.71 bits per heavy atom. The molecule has 0 fully saturated rings. The summed E-state index contributed by atoms with van der Waals surface area (Å²) >= 11 is 1.81. The van der Waals surface area contributed by atoms with Crippen molar-refractivity contribution in [2.45, 2.75) is 0 Å². The largest absolute Gasteiger partial charge is 0.208 e. The third-order valence-corrected chi connectivity index (χ3v) is 10.8. The molecule has 0 aliphatic rings. The first-order valence-electron chi connectivity index (χ1n) is 17.1. The summed E-state index contributed by atoms with van der Waals surface area (Å²) in [6, 6.07) is 62.2. The molecule has 0 aliphatic heterocycles. The molecule has 238 valence electrons. The second-order valence-electron chi connectivity index (χ2n) is 12.8. The minimum absolute atomic E-state index is 0.643. The molecule has 0 saturated heterocycles. The molecule has 0 unspecified atom stereocenters. The molecule has 3 nitrogen and oxygen atoms in total. The second kappa shape index (κ2) is 12.1. The molecule has 0 aliphatic carbocycles. The minimum atomic E-state index is 0.643. The third-order valence-electron chi connectivity index (χ3n) is 9.69. The topological polar surface area (TPSA) is 38.7 Å². The van der Waals surface area contributed by atoms with E-state index in [0.717, 1.165) is 44.3 Å². The molecule has 51 heavy (non-hydrogen) atoms. The number of aromatic nitrogens is 3. The van der Waals surface area contributed by atoms with Gasteiger partial charge in [-0.25, -0.2) is 15.0 Å². The Balaban J connectivity index is 1.24. The Hall–Kier alpha value is -6.49. The lowest BCUT2D eigenvalue weighted by Gasteiger charge is -2.13. The number of hydrogen-bond acceptors (Lipinski definition) is 4. The highest BCUT2D eigenvalue weighted by Crippen LogP contribution is 2.43. The van der Waals surface area contributed by atoms with Crippen molar-refractivity contribution in [3.63, 3.8) is 0 Å². The zero-order valence-corrected chi connectivity index (χ0v) is 28.3. The molecule has 2 heterocycles. The Bertz CT molecular complexity index is 2910. The van der Waals surface area contributed by atoms with Crippen LogP contribution >= 0.6 is 11.3 Å². The highest BCUT2D eigenvalue weighted by atomic mass is 32.1. The van der Waals surface area contributed by atoms with Crippen molar-refractivity contribution in [3.8, 4) is 56.4 Å². The van der Waals surface area contributed by atoms with E-state index < -0.39 is 0 Å². The Morgan fingerprint density at radius 1 is 0.314 bits per heavy atom. The van der Waals surface area contributed by atoms with E-state index in [0.29, 0.717) is 17.5 Å². The summed E-state index contributed by atoms with van der Waals surface area (Å²) in [4.78, 5) is 15.8. The lowest BCUT2D eigenvalue weighted by Crippen LogP contribution is -2.01. The smallest absolute Gasteiger partial charge is 0.164 e. The molecule has 0 radical (unpaired) electrons. The van der Waals surface area contributed by atoms with Gasteiger partial charge in [0.1, 0.15) is 0 Å². The molecule has 10 rings (SSSR count). The summed E-state index contributed by atoms with van der Waals surface area (Å²) in [5, 5.41) is 7.20. The van der Waals surface area contributed by atoms with E-state index in [-0.39, 0.29) is 0 Å². The van der Waals surface area contributed by atoms with Gasteiger partial charge in [0.15, 0.2) is 17.5 Å². The van der Waals surface area contributed by atoms with Crippen LogP contribution in [0.2, 0.25) is 0 Å². The van der Waals surface area contributed by atoms with Crippen LogP contribution in [0.15, 0.2) is 176 Å². The van der Waals surface area contributed by atoms with Gasteiger partial charge in [-0.15, -0.1) is 11.3 Å². The van der Waals surface area contributed by atoms with Gasteiger partial charge in [-0.05, 0) is 74.1 Å². The van der Waals surface area contributed by atoms with Gasteiger partial charge in [0.25, 0.3) is 0 Å². The summed E-state index contributed by atoms with van der Waals surface area (Å²) in [7, 11) is 0. The summed E-state index contributed by atoms with van der Waals surface area (Å²) in [6.45, 7) is 0. The molecule has 0 atom stereocenters. The van der Waals surface area contributed by atoms with Crippen LogP contribution in [0.3, 0.4) is 0 Å². The Labute approximate surface area is 299 Å². The maximum atomic E-state index is 5.30. The molecule has 0 N–H and O–H groups in total. The molecule has 10 aromatic rings. The molecular weight excluding hydrogens is 639 g/mol. The lowest BCUT2D eigenvalue weighted by molar-refractivity contribution is 1.08. The SMILES string of the molecule is c1ccc(-c2cccc(-c3nc(-c4ccc5c(ccc6ccccc65)c4)nc(-c4cc(-c5ccccc5)cc5sc6ccccc6c45)n3)c2)cc1. The number of benzene rings is 8. The van der Waals surface area contributed by atoms with Gasteiger partial charge < -0.3 is 0 Å². The first kappa shape index (κ1) is 29.4. The average Bonchev–Trinajstić information content (AvgIpc) is 3.59. The van der Waals surface area contributed by atoms with Crippen LogP contribution in [0, 0.1) is 0 Å². The standard InChI is InChI=1S/C47H29N3S/c1-3-12-30(13-4-1)33-17-11-18-35(26-33)45-48-46(36-24-25-39-34(27-36)23-22-32-16-7-8-19-38(32)39)50-47(49-45)41-28-37(31-14-5-2-6-15-31)29-43-44(41)40-20-9-10-21-42(40)51-43/h1-29H. The summed E-state index contributed by atoms with van der Waals surface area (Å²) in [5.41, 5.74) is 7.46. The van der Waals surface area contributed by atoms with Crippen LogP contribution in [0.5, 0.6) is 0 Å². The third kappa shape index (κ3) is 5.25. The van der Waals surface area contributed by atoms with Crippen LogP contribution in [-0.4, -0.2) is 15.0 Å². The highest BCUT2D eigenvalue weighted by molar-refractivity contribution is 7.26. The average molecular weight is 668 g/mol. The van der Waals surface area contributed by atoms with E-state index in [2.05, 4.69) is 170 Å². The molecule has 0 amide bonds. The Kier molecular flexibility index (Phi) is 7.00. The fourth-order valence-electron chi connectivity index (χ4n) is 7.20. The first-order valence-corrected chi connectivity index (χ1v) is 17.9. The van der Waals surface area contributed by atoms with Crippen LogP contribution in [0.1, 0.15) is 0 Å². The normalized spacial score (nSPS) is 11.5. The number of rotatable bonds is 5. The van der Waals surface area contributed by atoms with Gasteiger partial charge in [-0.2, -0.15) is 0 Å². The van der Waals surface area contributed by atoms with Crippen molar-refractivity contribution in [1.82, 2.24) is 15.0 Å². The minimum Gasteiger partial charge on any atom is -0.208 e. The monoisotopic (exact) mass is 667 g/mol. The van der Waals surface area contributed by atoms with Crippen molar-refractivity contribution in [1.29, 1.82) is 0 Å². The van der Waals surface area contributed by atoms with Crippen molar-refractivity contribution >= 4 is 53.1 Å². The number of thiophene rings is 1. The summed E-state index contributed by atoms with van der Waals surface area (Å²) in [5.74, 6) is 1.95. The van der Waals surface area contributed by atoms with Crippen molar-refractivity contribution in [2.75, 3.05) is 0 Å². The quantitative estimate of drug-likeness (QED) is 0.171. The maximum absolute atomic E-state index is 5.30. The van der Waals surface area contributed by atoms with Crippen LogP contribution in [0.25, 0.3) is 98.1 Å². The number of hydrogen-bond donors (Lipinski definition) is 0. The fraction of sp³-hybridized carbons (Fsp3) is 0. The van der Waals surface area contributed by atoms with Gasteiger partial charge >= 0.3 is 0 Å². The molecule has 4 heteroatoms. The van der Waals surface area contributed by atoms with E-state index in [9.17, 15) is 0 Å². The van der Waals surface area contributed by atoms with E-state index in [4.69, 9.17) is 15.0 Å². The van der Waals surface area contributed by atoms with E-state index in [1.165, 1.54) is 36.3 Å². The zero-order valence-electron chi connectivity index (χ0n) is 27.5. The van der Waals surface area contributed by atoms with Crippen molar-refractivity contribution in [3.05, 3.63) is 176 Å². The van der Waals surface area contributed by atoms with E-state index in [1.54, 1.807) is 0 Å². The predicted octanol–water partition coefficient (Wildman–Crippen LogP) is 12.9. The Morgan fingerprint density at radius 2 is 0.902 bits per heavy atom. The fourth-order valence-corrected chi connectivity index (χ4v) is 8.37. The van der Waals surface area contributed by atoms with Crippen molar-refractivity contribution < 1.29 is 0 Å². The van der Waals surface area contributed by atoms with Gasteiger partial charge in [0, 0.05) is 36.9 Å². The summed E-state index contributed by atoms with van der Waals surface area (Å²) < 4.78 is 2.45. The van der Waals surface area contributed by atoms with Crippen molar-refractivity contribution in [2.24, 2.45) is 0 Å². The van der Waals surface area contributed by atoms with Gasteiger partial charge in [-0.3, -0.25) is 0 Å². The molecule has 0 spiro atoms. The zero-order chi connectivity index (χ0) is 33.7. The van der Waals surface area contributed by atoms with E-state index in [1.807, 2.05) is 17.4 Å². The molecule has 8 aromatic carbocycles.